The van der Waals surface area contributed by atoms with Gasteiger partial charge in [0, 0.05) is 26.5 Å². The summed E-state index contributed by atoms with van der Waals surface area (Å²) in [5.41, 5.74) is -0.0682. The molecular formula is C29H19BrF3N3O5S2. The van der Waals surface area contributed by atoms with Crippen molar-refractivity contribution in [3.05, 3.63) is 103 Å². The third-order valence-electron chi connectivity index (χ3n) is 6.98. The molecule has 1 fully saturated rings. The highest BCUT2D eigenvalue weighted by molar-refractivity contribution is 9.10. The predicted octanol–water partition coefficient (Wildman–Crippen LogP) is 6.03. The lowest BCUT2D eigenvalue weighted by molar-refractivity contribution is -0.137. The molecule has 4 aromatic rings. The number of hydrogen-bond donors (Lipinski definition) is 2. The van der Waals surface area contributed by atoms with Gasteiger partial charge in [0.2, 0.25) is 11.8 Å². The normalized spacial score (nSPS) is 19.6. The van der Waals surface area contributed by atoms with E-state index in [1.54, 1.807) is 48.5 Å². The Labute approximate surface area is 258 Å². The van der Waals surface area contributed by atoms with Crippen molar-refractivity contribution in [3.8, 4) is 5.75 Å². The summed E-state index contributed by atoms with van der Waals surface area (Å²) in [6.45, 7) is -0.556. The van der Waals surface area contributed by atoms with Gasteiger partial charge in [-0.15, -0.1) is 0 Å². The van der Waals surface area contributed by atoms with Gasteiger partial charge in [0.1, 0.15) is 11.0 Å². The third kappa shape index (κ3) is 5.61. The molecule has 3 atom stereocenters. The summed E-state index contributed by atoms with van der Waals surface area (Å²) >= 11 is 5.51. The molecule has 0 spiro atoms. The number of anilines is 2. The number of rotatable bonds is 6. The molecule has 0 aliphatic carbocycles. The van der Waals surface area contributed by atoms with Gasteiger partial charge in [-0.2, -0.15) is 13.2 Å². The van der Waals surface area contributed by atoms with Gasteiger partial charge in [0.05, 0.1) is 22.2 Å². The zero-order valence-electron chi connectivity index (χ0n) is 21.7. The van der Waals surface area contributed by atoms with Crippen LogP contribution in [0.4, 0.5) is 24.5 Å². The number of alkyl halides is 3. The standard InChI is InChI=1S/C29H19BrF3N3O5S2/c30-15-9-10-19(41-13-20(37)34-16-6-4-5-14(11-16)29(31,32)33)18(12-15)21-22-24(42-25-23(21)43-28(40)35-25)27(39)36(26(22)38)17-7-2-1-3-8-17/h1-12,21-22,24H,13H2,(H,34,37)(H,35,40). The summed E-state index contributed by atoms with van der Waals surface area (Å²) in [5, 5.41) is 2.05. The van der Waals surface area contributed by atoms with Gasteiger partial charge in [0.15, 0.2) is 6.61 Å². The van der Waals surface area contributed by atoms with Crippen LogP contribution in [0.1, 0.15) is 21.9 Å². The van der Waals surface area contributed by atoms with Crippen LogP contribution in [0.5, 0.6) is 5.75 Å². The molecule has 3 unspecified atom stereocenters. The van der Waals surface area contributed by atoms with E-state index in [1.165, 1.54) is 12.1 Å². The summed E-state index contributed by atoms with van der Waals surface area (Å²) in [6.07, 6.45) is -4.57. The summed E-state index contributed by atoms with van der Waals surface area (Å²) in [5.74, 6) is -2.99. The van der Waals surface area contributed by atoms with E-state index in [2.05, 4.69) is 26.2 Å². The largest absolute Gasteiger partial charge is 0.483 e. The lowest BCUT2D eigenvalue weighted by atomic mass is 9.82. The average molecular weight is 691 g/mol. The smallest absolute Gasteiger partial charge is 0.416 e. The Morgan fingerprint density at radius 3 is 2.51 bits per heavy atom. The number of ether oxygens (including phenoxy) is 1. The number of fused-ring (bicyclic) bond motifs is 2. The van der Waals surface area contributed by atoms with Crippen molar-refractivity contribution >= 4 is 68.1 Å². The molecule has 2 aliphatic heterocycles. The molecule has 3 heterocycles. The van der Waals surface area contributed by atoms with E-state index in [-0.39, 0.29) is 16.3 Å². The highest BCUT2D eigenvalue weighted by Gasteiger charge is 2.56. The maximum Gasteiger partial charge on any atom is 0.416 e. The highest BCUT2D eigenvalue weighted by Crippen LogP contribution is 2.54. The van der Waals surface area contributed by atoms with E-state index in [9.17, 15) is 32.3 Å². The quantitative estimate of drug-likeness (QED) is 0.240. The van der Waals surface area contributed by atoms with Gasteiger partial charge in [-0.25, -0.2) is 4.90 Å². The Morgan fingerprint density at radius 1 is 1.00 bits per heavy atom. The number of carbonyl (C=O) groups excluding carboxylic acids is 3. The number of amides is 3. The van der Waals surface area contributed by atoms with Gasteiger partial charge >= 0.3 is 11.0 Å². The van der Waals surface area contributed by atoms with Crippen LogP contribution in [0.15, 0.2) is 87.1 Å². The van der Waals surface area contributed by atoms with Crippen LogP contribution < -0.4 is 19.8 Å². The van der Waals surface area contributed by atoms with Crippen molar-refractivity contribution in [3.63, 3.8) is 0 Å². The number of hydrogen-bond acceptors (Lipinski definition) is 7. The molecule has 2 aliphatic rings. The van der Waals surface area contributed by atoms with Gasteiger partial charge in [-0.1, -0.05) is 63.3 Å². The minimum atomic E-state index is -4.57. The molecule has 6 rings (SSSR count). The van der Waals surface area contributed by atoms with E-state index >= 15 is 0 Å². The zero-order valence-corrected chi connectivity index (χ0v) is 24.9. The SMILES string of the molecule is O=C(COc1ccc(Br)cc1C1c2sc(=O)[nH]c2SC2C(=O)N(c3ccccc3)C(=O)C21)Nc1cccc(C(F)(F)F)c1. The number of thiazole rings is 1. The van der Waals surface area contributed by atoms with E-state index in [1.807, 2.05) is 0 Å². The molecule has 2 N–H and O–H groups in total. The van der Waals surface area contributed by atoms with Gasteiger partial charge in [-0.05, 0) is 48.5 Å². The Kier molecular flexibility index (Phi) is 7.69. The number of halogens is 4. The molecule has 8 nitrogen and oxygen atoms in total. The monoisotopic (exact) mass is 689 g/mol. The number of para-hydroxylation sites is 1. The van der Waals surface area contributed by atoms with Crippen molar-refractivity contribution < 1.29 is 32.3 Å². The van der Waals surface area contributed by atoms with Crippen LogP contribution in [0.2, 0.25) is 0 Å². The van der Waals surface area contributed by atoms with Crippen molar-refractivity contribution in [1.29, 1.82) is 0 Å². The first kappa shape index (κ1) is 29.2. The summed E-state index contributed by atoms with van der Waals surface area (Å²) in [6, 6.07) is 17.7. The Balaban J connectivity index is 1.32. The average Bonchev–Trinajstić information content (AvgIpc) is 3.46. The minimum Gasteiger partial charge on any atom is -0.483 e. The van der Waals surface area contributed by atoms with E-state index in [0.29, 0.717) is 25.6 Å². The van der Waals surface area contributed by atoms with Crippen molar-refractivity contribution in [1.82, 2.24) is 4.98 Å². The van der Waals surface area contributed by atoms with Crippen LogP contribution >= 0.6 is 39.0 Å². The lowest BCUT2D eigenvalue weighted by Crippen LogP contribution is -2.32. The number of benzene rings is 3. The molecule has 43 heavy (non-hydrogen) atoms. The van der Waals surface area contributed by atoms with E-state index in [0.717, 1.165) is 40.1 Å². The first-order valence-corrected chi connectivity index (χ1v) is 15.2. The van der Waals surface area contributed by atoms with Gasteiger partial charge in [-0.3, -0.25) is 19.2 Å². The fourth-order valence-electron chi connectivity index (χ4n) is 5.19. The Bertz CT molecular complexity index is 1810. The first-order valence-electron chi connectivity index (χ1n) is 12.7. The van der Waals surface area contributed by atoms with Crippen LogP contribution in [-0.2, 0) is 20.6 Å². The number of imide groups is 1. The summed E-state index contributed by atoms with van der Waals surface area (Å²) in [7, 11) is 0. The fraction of sp³-hybridized carbons (Fsp3) is 0.172. The second-order valence-corrected chi connectivity index (χ2v) is 12.8. The number of thioether (sulfide) groups is 1. The highest BCUT2D eigenvalue weighted by atomic mass is 79.9. The number of nitrogens with zero attached hydrogens (tertiary/aromatic N) is 1. The first-order chi connectivity index (χ1) is 20.5. The fourth-order valence-corrected chi connectivity index (χ4v) is 8.08. The molecule has 1 aromatic heterocycles. The van der Waals surface area contributed by atoms with Gasteiger partial charge < -0.3 is 15.0 Å². The summed E-state index contributed by atoms with van der Waals surface area (Å²) < 4.78 is 45.8. The maximum absolute atomic E-state index is 13.9. The molecule has 3 amide bonds. The lowest BCUT2D eigenvalue weighted by Gasteiger charge is -2.31. The molecule has 0 radical (unpaired) electrons. The minimum absolute atomic E-state index is 0.0515. The summed E-state index contributed by atoms with van der Waals surface area (Å²) in [4.78, 5) is 56.8. The molecule has 3 aromatic carbocycles. The molecular weight excluding hydrogens is 671 g/mol. The van der Waals surface area contributed by atoms with E-state index < -0.39 is 53.2 Å². The molecule has 1 saturated heterocycles. The predicted molar refractivity (Wildman–Crippen MR) is 159 cm³/mol. The van der Waals surface area contributed by atoms with Crippen LogP contribution in [0.3, 0.4) is 0 Å². The zero-order chi connectivity index (χ0) is 30.5. The molecule has 220 valence electrons. The Hall–Kier alpha value is -3.88. The van der Waals surface area contributed by atoms with Crippen LogP contribution in [-0.4, -0.2) is 34.6 Å². The molecule has 0 bridgehead atoms. The number of H-pyrrole nitrogens is 1. The topological polar surface area (TPSA) is 109 Å². The second-order valence-electron chi connectivity index (χ2n) is 9.69. The van der Waals surface area contributed by atoms with Crippen molar-refractivity contribution in [2.45, 2.75) is 22.4 Å². The number of carbonyl (C=O) groups is 3. The molecule has 14 heteroatoms. The second kappa shape index (κ2) is 11.3. The van der Waals surface area contributed by atoms with Crippen LogP contribution in [0, 0.1) is 5.92 Å². The van der Waals surface area contributed by atoms with Gasteiger partial charge in [0.25, 0.3) is 5.91 Å². The van der Waals surface area contributed by atoms with Crippen molar-refractivity contribution in [2.75, 3.05) is 16.8 Å². The number of aromatic amines is 1. The maximum atomic E-state index is 13.9. The van der Waals surface area contributed by atoms with Crippen molar-refractivity contribution in [2.24, 2.45) is 5.92 Å². The van der Waals surface area contributed by atoms with Crippen LogP contribution in [0.25, 0.3) is 0 Å². The van der Waals surface area contributed by atoms with E-state index in [4.69, 9.17) is 4.74 Å². The Morgan fingerprint density at radius 2 is 1.77 bits per heavy atom. The number of aromatic nitrogens is 1. The number of nitrogens with one attached hydrogen (secondary N) is 2. The third-order valence-corrected chi connectivity index (χ3v) is 9.87. The molecule has 0 saturated carbocycles.